The minimum absolute atomic E-state index is 0.193. The number of nitrogens with zero attached hydrogens (tertiary/aromatic N) is 1. The summed E-state index contributed by atoms with van der Waals surface area (Å²) in [7, 11) is 0. The fourth-order valence-electron chi connectivity index (χ4n) is 4.59. The highest BCUT2D eigenvalue weighted by molar-refractivity contribution is 7.80. The molecule has 17 heteroatoms. The van der Waals surface area contributed by atoms with Gasteiger partial charge in [0.2, 0.25) is 11.6 Å². The number of likely N-dealkylation sites (tertiary alicyclic amines) is 1. The monoisotopic (exact) mass is 666 g/mol. The van der Waals surface area contributed by atoms with Gasteiger partial charge in [-0.05, 0) is 48.7 Å². The van der Waals surface area contributed by atoms with Crippen LogP contribution < -0.4 is 20.7 Å². The van der Waals surface area contributed by atoms with Crippen LogP contribution in [-0.2, 0) is 0 Å². The molecule has 0 saturated carbocycles. The smallest absolute Gasteiger partial charge is 0.200 e. The van der Waals surface area contributed by atoms with Crippen molar-refractivity contribution in [2.75, 3.05) is 29.0 Å². The number of rotatable bonds is 3. The van der Waals surface area contributed by atoms with Crippen molar-refractivity contribution in [3.05, 3.63) is 88.0 Å². The fraction of sp³-hybridized carbons (Fsp3) is 0.185. The van der Waals surface area contributed by atoms with E-state index in [0.29, 0.717) is 24.2 Å². The van der Waals surface area contributed by atoms with E-state index in [1.54, 1.807) is 24.3 Å². The Morgan fingerprint density at radius 1 is 0.659 bits per heavy atom. The van der Waals surface area contributed by atoms with Gasteiger partial charge in [0.15, 0.2) is 56.8 Å². The first kappa shape index (κ1) is 31.3. The highest BCUT2D eigenvalue weighted by Crippen LogP contribution is 2.39. The maximum absolute atomic E-state index is 14.1. The number of ether oxygens (including phenoxy) is 1. The molecule has 0 aromatic heterocycles. The minimum atomic E-state index is -2.31. The molecule has 1 spiro atoms. The van der Waals surface area contributed by atoms with Gasteiger partial charge in [-0.25, -0.2) is 43.9 Å². The molecular formula is C27H16F10N4OS2. The zero-order chi connectivity index (χ0) is 32.1. The average Bonchev–Trinajstić information content (AvgIpc) is 3.01. The molecule has 0 aliphatic carbocycles. The van der Waals surface area contributed by atoms with Gasteiger partial charge < -0.3 is 25.6 Å². The van der Waals surface area contributed by atoms with Crippen LogP contribution in [0, 0.1) is 58.2 Å². The highest BCUT2D eigenvalue weighted by atomic mass is 32.1. The van der Waals surface area contributed by atoms with E-state index in [1.807, 2.05) is 5.32 Å². The van der Waals surface area contributed by atoms with Gasteiger partial charge in [-0.15, -0.1) is 0 Å². The Hall–Kier alpha value is -4.12. The summed E-state index contributed by atoms with van der Waals surface area (Å²) in [5.74, 6) is -20.9. The van der Waals surface area contributed by atoms with E-state index in [1.165, 1.54) is 11.0 Å². The number of fused-ring (bicyclic) bond motifs is 1. The van der Waals surface area contributed by atoms with Crippen LogP contribution >= 0.6 is 24.4 Å². The van der Waals surface area contributed by atoms with Gasteiger partial charge in [-0.1, -0.05) is 6.08 Å². The lowest BCUT2D eigenvalue weighted by Crippen LogP contribution is -2.50. The number of thiocarbonyl (C=S) groups is 2. The Balaban J connectivity index is 1.22. The average molecular weight is 667 g/mol. The Labute approximate surface area is 252 Å². The van der Waals surface area contributed by atoms with Crippen molar-refractivity contribution in [3.8, 4) is 5.75 Å². The second kappa shape index (κ2) is 11.8. The number of benzene rings is 3. The number of nitrogens with one attached hydrogen (secondary N) is 3. The first-order valence-electron chi connectivity index (χ1n) is 12.4. The molecule has 0 bridgehead atoms. The van der Waals surface area contributed by atoms with Crippen LogP contribution in [0.3, 0.4) is 0 Å². The van der Waals surface area contributed by atoms with E-state index < -0.39 is 80.3 Å². The largest absolute Gasteiger partial charge is 0.482 e. The summed E-state index contributed by atoms with van der Waals surface area (Å²) in [5, 5.41) is 5.93. The normalized spacial score (nSPS) is 15.1. The van der Waals surface area contributed by atoms with Crippen molar-refractivity contribution in [2.45, 2.75) is 18.4 Å². The lowest BCUT2D eigenvalue weighted by molar-refractivity contribution is 0.0594. The molecule has 5 nitrogen and oxygen atoms in total. The lowest BCUT2D eigenvalue weighted by atomic mass is 9.88. The van der Waals surface area contributed by atoms with Crippen molar-refractivity contribution < 1.29 is 48.6 Å². The summed E-state index contributed by atoms with van der Waals surface area (Å²) in [6.07, 6.45) is 4.10. The number of anilines is 3. The Morgan fingerprint density at radius 3 is 1.66 bits per heavy atom. The van der Waals surface area contributed by atoms with E-state index in [2.05, 4.69) is 10.6 Å². The van der Waals surface area contributed by atoms with Crippen molar-refractivity contribution in [1.82, 2.24) is 4.90 Å². The molecule has 1 fully saturated rings. The number of piperidine rings is 1. The fourth-order valence-corrected chi connectivity index (χ4v) is 5.10. The van der Waals surface area contributed by atoms with E-state index in [4.69, 9.17) is 29.2 Å². The van der Waals surface area contributed by atoms with Crippen molar-refractivity contribution in [3.63, 3.8) is 0 Å². The van der Waals surface area contributed by atoms with Crippen LogP contribution in [0.25, 0.3) is 6.08 Å². The van der Waals surface area contributed by atoms with Gasteiger partial charge in [-0.3, -0.25) is 0 Å². The van der Waals surface area contributed by atoms with Crippen LogP contribution in [0.1, 0.15) is 18.4 Å². The second-order valence-electron chi connectivity index (χ2n) is 9.64. The Morgan fingerprint density at radius 2 is 1.14 bits per heavy atom. The predicted octanol–water partition coefficient (Wildman–Crippen LogP) is 7.52. The molecule has 3 N–H and O–H groups in total. The van der Waals surface area contributed by atoms with Gasteiger partial charge in [0.05, 0.1) is 0 Å². The molecule has 0 atom stereocenters. The molecule has 2 aliphatic heterocycles. The lowest BCUT2D eigenvalue weighted by Gasteiger charge is -2.42. The summed E-state index contributed by atoms with van der Waals surface area (Å²) in [5.41, 5.74) is -2.57. The summed E-state index contributed by atoms with van der Waals surface area (Å²) in [4.78, 5) is 1.48. The third-order valence-electron chi connectivity index (χ3n) is 6.93. The summed E-state index contributed by atoms with van der Waals surface area (Å²) in [6, 6.07) is 4.57. The molecule has 3 aromatic rings. The maximum atomic E-state index is 14.1. The van der Waals surface area contributed by atoms with Crippen molar-refractivity contribution in [2.24, 2.45) is 0 Å². The van der Waals surface area contributed by atoms with Gasteiger partial charge in [0.1, 0.15) is 22.7 Å². The highest BCUT2D eigenvalue weighted by Gasteiger charge is 2.38. The van der Waals surface area contributed by atoms with Crippen LogP contribution in [0.4, 0.5) is 61.0 Å². The molecule has 3 aromatic carbocycles. The first-order chi connectivity index (χ1) is 20.7. The van der Waals surface area contributed by atoms with Crippen LogP contribution in [0.2, 0.25) is 0 Å². The van der Waals surface area contributed by atoms with Crippen LogP contribution in [0.15, 0.2) is 24.3 Å². The van der Waals surface area contributed by atoms with E-state index >= 15 is 0 Å². The molecule has 44 heavy (non-hydrogen) atoms. The molecule has 232 valence electrons. The van der Waals surface area contributed by atoms with E-state index in [0.717, 1.165) is 0 Å². The van der Waals surface area contributed by atoms with Gasteiger partial charge >= 0.3 is 0 Å². The summed E-state index contributed by atoms with van der Waals surface area (Å²) in [6.45, 7) is 0.385. The number of hydrogen-bond donors (Lipinski definition) is 3. The van der Waals surface area contributed by atoms with Crippen LogP contribution in [-0.4, -0.2) is 33.8 Å². The summed E-state index contributed by atoms with van der Waals surface area (Å²) < 4.78 is 143. The quantitative estimate of drug-likeness (QED) is 0.116. The Kier molecular flexibility index (Phi) is 8.37. The standard InChI is InChI=1S/C27H16F10N4OS2/c28-13-15(30)19(34)23(20(35)16(13)31)39-25(43)38-11-1-2-12-10(9-11)3-4-27(42-12)5-7-41(8-6-27)26(44)40-24-21(36)17(32)14(29)18(33)22(24)37/h1-4,9H,5-8H2,(H,40,44)(H2,38,39,43). The van der Waals surface area contributed by atoms with Crippen LogP contribution in [0.5, 0.6) is 5.75 Å². The summed E-state index contributed by atoms with van der Waals surface area (Å²) >= 11 is 10.1. The molecule has 2 aliphatic rings. The van der Waals surface area contributed by atoms with Crippen molar-refractivity contribution >= 4 is 57.8 Å². The van der Waals surface area contributed by atoms with Gasteiger partial charge in [-0.2, -0.15) is 0 Å². The first-order valence-corrected chi connectivity index (χ1v) is 13.2. The van der Waals surface area contributed by atoms with E-state index in [-0.39, 0.29) is 23.9 Å². The molecule has 1 saturated heterocycles. The molecular weight excluding hydrogens is 650 g/mol. The number of halogens is 10. The maximum Gasteiger partial charge on any atom is 0.200 e. The SMILES string of the molecule is Fc1c(F)c(F)c(NC(=S)Nc2ccc3c(c2)C=CC2(CCN(C(=S)Nc4c(F)c(F)c(F)c(F)c4F)CC2)O3)c(F)c1F. The molecule has 0 amide bonds. The topological polar surface area (TPSA) is 48.6 Å². The molecule has 5 rings (SSSR count). The van der Waals surface area contributed by atoms with E-state index in [9.17, 15) is 43.9 Å². The number of hydrogen-bond acceptors (Lipinski definition) is 3. The predicted molar refractivity (Wildman–Crippen MR) is 148 cm³/mol. The van der Waals surface area contributed by atoms with Gasteiger partial charge in [0.25, 0.3) is 0 Å². The third kappa shape index (κ3) is 5.60. The zero-order valence-electron chi connectivity index (χ0n) is 21.7. The molecule has 2 heterocycles. The second-order valence-corrected chi connectivity index (χ2v) is 10.4. The minimum Gasteiger partial charge on any atom is -0.482 e. The Bertz CT molecular complexity index is 1690. The molecule has 0 unspecified atom stereocenters. The van der Waals surface area contributed by atoms with Gasteiger partial charge in [0, 0.05) is 37.2 Å². The van der Waals surface area contributed by atoms with Crippen molar-refractivity contribution in [1.29, 1.82) is 0 Å². The molecule has 0 radical (unpaired) electrons. The third-order valence-corrected chi connectivity index (χ3v) is 7.50. The zero-order valence-corrected chi connectivity index (χ0v) is 23.3.